The Kier molecular flexibility index (Phi) is 5.21. The summed E-state index contributed by atoms with van der Waals surface area (Å²) in [6.07, 6.45) is 4.31. The van der Waals surface area contributed by atoms with Crippen LogP contribution in [0, 0.1) is 11.8 Å². The zero-order valence-electron chi connectivity index (χ0n) is 10.3. The quantitative estimate of drug-likeness (QED) is 0.629. The molecular formula is C10H17N4O4P. The predicted molar refractivity (Wildman–Crippen MR) is 67.7 cm³/mol. The first kappa shape index (κ1) is 14.3. The van der Waals surface area contributed by atoms with Gasteiger partial charge in [-0.15, -0.1) is 0 Å². The van der Waals surface area contributed by atoms with Gasteiger partial charge in [0.05, 0.1) is 6.61 Å². The zero-order chi connectivity index (χ0) is 13.7. The number of anilines is 1. The third kappa shape index (κ3) is 4.21. The lowest BCUT2D eigenvalue weighted by molar-refractivity contribution is 0.148. The second-order valence-corrected chi connectivity index (χ2v) is 5.37. The van der Waals surface area contributed by atoms with Crippen molar-refractivity contribution in [3.05, 3.63) is 12.7 Å². The number of nitrogens with one attached hydrogen (secondary N) is 1. The van der Waals surface area contributed by atoms with E-state index >= 15 is 0 Å². The van der Waals surface area contributed by atoms with Crippen molar-refractivity contribution in [1.29, 1.82) is 0 Å². The highest BCUT2D eigenvalue weighted by molar-refractivity contribution is 7.32. The second-order valence-electron chi connectivity index (χ2n) is 4.55. The molecule has 2 unspecified atom stereocenters. The van der Waals surface area contributed by atoms with Crippen LogP contribution in [-0.2, 0) is 9.09 Å². The molecule has 0 aliphatic heterocycles. The number of nitrogens with zero attached hydrogens (tertiary/aromatic N) is 3. The summed E-state index contributed by atoms with van der Waals surface area (Å²) in [5.74, 6) is 0.611. The number of rotatable bonds is 6. The van der Waals surface area contributed by atoms with Gasteiger partial charge in [-0.3, -0.25) is 4.57 Å². The van der Waals surface area contributed by atoms with E-state index in [-0.39, 0.29) is 31.1 Å². The second kappa shape index (κ2) is 6.91. The molecule has 0 saturated heterocycles. The normalized spacial score (nSPS) is 28.2. The van der Waals surface area contributed by atoms with Crippen LogP contribution >= 0.6 is 8.25 Å². The number of hydrogen-bond acceptors (Lipinski definition) is 7. The average Bonchev–Trinajstić information content (AvgIpc) is 2.79. The molecule has 3 N–H and O–H groups in total. The van der Waals surface area contributed by atoms with Gasteiger partial charge in [0, 0.05) is 12.6 Å². The fourth-order valence-electron chi connectivity index (χ4n) is 2.43. The monoisotopic (exact) mass is 288 g/mol. The number of aliphatic hydroxyl groups excluding tert-OH is 1. The van der Waals surface area contributed by atoms with Gasteiger partial charge in [-0.2, -0.15) is 0 Å². The average molecular weight is 288 g/mol. The van der Waals surface area contributed by atoms with Crippen LogP contribution in [0.15, 0.2) is 12.7 Å². The summed E-state index contributed by atoms with van der Waals surface area (Å²) in [7, 11) is -2.91. The van der Waals surface area contributed by atoms with Crippen LogP contribution in [-0.4, -0.2) is 44.2 Å². The molecule has 1 aromatic heterocycles. The van der Waals surface area contributed by atoms with Gasteiger partial charge in [-0.05, 0) is 24.7 Å². The minimum Gasteiger partial charge on any atom is -0.396 e. The lowest BCUT2D eigenvalue weighted by atomic mass is 9.98. The molecule has 1 aliphatic carbocycles. The summed E-state index contributed by atoms with van der Waals surface area (Å²) in [4.78, 5) is 20.4. The van der Waals surface area contributed by atoms with E-state index in [1.165, 1.54) is 12.7 Å². The maximum Gasteiger partial charge on any atom is 0.316 e. The number of hydrogen-bond donors (Lipinski definition) is 3. The third-order valence-electron chi connectivity index (χ3n) is 3.32. The van der Waals surface area contributed by atoms with Crippen LogP contribution in [0.4, 0.5) is 5.95 Å². The first-order valence-corrected chi connectivity index (χ1v) is 7.30. The zero-order valence-corrected chi connectivity index (χ0v) is 11.3. The van der Waals surface area contributed by atoms with E-state index in [0.29, 0.717) is 5.95 Å². The van der Waals surface area contributed by atoms with Gasteiger partial charge in [0.15, 0.2) is 0 Å². The fraction of sp³-hybridized carbons (Fsp3) is 0.700. The van der Waals surface area contributed by atoms with Crippen LogP contribution in [0.5, 0.6) is 0 Å². The predicted octanol–water partition coefficient (Wildman–Crippen LogP) is 0.0692. The molecule has 0 bridgehead atoms. The van der Waals surface area contributed by atoms with Gasteiger partial charge in [-0.25, -0.2) is 15.0 Å². The van der Waals surface area contributed by atoms with Crippen LogP contribution in [0.25, 0.3) is 0 Å². The Morgan fingerprint density at radius 1 is 1.37 bits per heavy atom. The van der Waals surface area contributed by atoms with Gasteiger partial charge in [0.1, 0.15) is 12.7 Å². The molecule has 106 valence electrons. The summed E-state index contributed by atoms with van der Waals surface area (Å²) >= 11 is 0. The van der Waals surface area contributed by atoms with Crippen molar-refractivity contribution in [1.82, 2.24) is 15.0 Å². The van der Waals surface area contributed by atoms with Gasteiger partial charge in [0.2, 0.25) is 5.95 Å². The smallest absolute Gasteiger partial charge is 0.316 e. The summed E-state index contributed by atoms with van der Waals surface area (Å²) in [5.41, 5.74) is 0. The lowest BCUT2D eigenvalue weighted by Crippen LogP contribution is -2.18. The minimum atomic E-state index is -2.91. The molecular weight excluding hydrogens is 271 g/mol. The van der Waals surface area contributed by atoms with Crippen molar-refractivity contribution in [3.8, 4) is 0 Å². The highest BCUT2D eigenvalue weighted by atomic mass is 31.1. The van der Waals surface area contributed by atoms with Gasteiger partial charge in [0.25, 0.3) is 0 Å². The maximum atomic E-state index is 10.6. The Morgan fingerprint density at radius 3 is 2.68 bits per heavy atom. The summed E-state index contributed by atoms with van der Waals surface area (Å²) < 4.78 is 15.4. The molecule has 2 rings (SSSR count). The standard InChI is InChI=1S/C10H17N4O4P/c15-3-7-1-9(2-8(7)4-18-19(16)17)14-10-12-5-11-6-13-10/h5-9,15,19H,1-4H2,(H,16,17)(H,11,12,13,14)/t7?,8-,9-/m1/s1. The Hall–Kier alpha value is -1.08. The van der Waals surface area contributed by atoms with Crippen LogP contribution in [0.2, 0.25) is 0 Å². The first-order valence-electron chi connectivity index (χ1n) is 6.04. The largest absolute Gasteiger partial charge is 0.396 e. The van der Waals surface area contributed by atoms with E-state index in [1.54, 1.807) is 0 Å². The summed E-state index contributed by atoms with van der Waals surface area (Å²) in [6.45, 7) is 0.227. The van der Waals surface area contributed by atoms with Crippen molar-refractivity contribution >= 4 is 14.2 Å². The van der Waals surface area contributed by atoms with Crippen LogP contribution < -0.4 is 5.32 Å². The molecule has 19 heavy (non-hydrogen) atoms. The van der Waals surface area contributed by atoms with Crippen molar-refractivity contribution in [3.63, 3.8) is 0 Å². The fourth-order valence-corrected chi connectivity index (χ4v) is 2.79. The Bertz CT molecular complexity index is 421. The van der Waals surface area contributed by atoms with Crippen molar-refractivity contribution < 1.29 is 19.1 Å². The molecule has 9 heteroatoms. The van der Waals surface area contributed by atoms with E-state index in [4.69, 9.17) is 9.42 Å². The molecule has 0 spiro atoms. The first-order chi connectivity index (χ1) is 9.19. The van der Waals surface area contributed by atoms with Gasteiger partial charge < -0.3 is 19.8 Å². The maximum absolute atomic E-state index is 10.6. The van der Waals surface area contributed by atoms with E-state index in [1.807, 2.05) is 0 Å². The molecule has 0 amide bonds. The van der Waals surface area contributed by atoms with E-state index < -0.39 is 8.25 Å². The van der Waals surface area contributed by atoms with Crippen molar-refractivity contribution in [2.24, 2.45) is 11.8 Å². The Labute approximate surface area is 111 Å². The molecule has 1 fully saturated rings. The van der Waals surface area contributed by atoms with E-state index in [9.17, 15) is 9.67 Å². The van der Waals surface area contributed by atoms with Crippen LogP contribution in [0.3, 0.4) is 0 Å². The molecule has 1 heterocycles. The molecule has 0 radical (unpaired) electrons. The molecule has 0 aromatic carbocycles. The molecule has 1 aromatic rings. The topological polar surface area (TPSA) is 117 Å². The van der Waals surface area contributed by atoms with Crippen LogP contribution in [0.1, 0.15) is 12.8 Å². The van der Waals surface area contributed by atoms with Crippen molar-refractivity contribution in [2.75, 3.05) is 18.5 Å². The van der Waals surface area contributed by atoms with Gasteiger partial charge in [-0.1, -0.05) is 0 Å². The molecule has 1 aliphatic rings. The number of aromatic nitrogens is 3. The van der Waals surface area contributed by atoms with Gasteiger partial charge >= 0.3 is 8.25 Å². The van der Waals surface area contributed by atoms with E-state index in [2.05, 4.69) is 20.3 Å². The SMILES string of the molecule is O=[PH](O)OC[C@H]1C[C@H](Nc2ncncn2)CC1CO. The number of aliphatic hydroxyl groups is 1. The molecule has 1 saturated carbocycles. The Balaban J connectivity index is 1.89. The minimum absolute atomic E-state index is 0.0375. The molecule has 4 atom stereocenters. The summed E-state index contributed by atoms with van der Waals surface area (Å²) in [6, 6.07) is 0.120. The third-order valence-corrected chi connectivity index (χ3v) is 3.74. The van der Waals surface area contributed by atoms with Crippen molar-refractivity contribution in [2.45, 2.75) is 18.9 Å². The Morgan fingerprint density at radius 2 is 2.05 bits per heavy atom. The molecule has 8 nitrogen and oxygen atoms in total. The van der Waals surface area contributed by atoms with E-state index in [0.717, 1.165) is 12.8 Å². The lowest BCUT2D eigenvalue weighted by Gasteiger charge is -2.15. The highest BCUT2D eigenvalue weighted by Crippen LogP contribution is 2.34. The summed E-state index contributed by atoms with van der Waals surface area (Å²) in [5, 5.41) is 12.5. The highest BCUT2D eigenvalue weighted by Gasteiger charge is 2.34.